The number of hydrogen-bond acceptors (Lipinski definition) is 6. The van der Waals surface area contributed by atoms with Crippen LogP contribution in [0.15, 0.2) is 35.5 Å². The van der Waals surface area contributed by atoms with Gasteiger partial charge in [0.1, 0.15) is 18.0 Å². The van der Waals surface area contributed by atoms with E-state index < -0.39 is 0 Å². The summed E-state index contributed by atoms with van der Waals surface area (Å²) in [5.41, 5.74) is 8.04. The Kier molecular flexibility index (Phi) is 4.30. The lowest BCUT2D eigenvalue weighted by Crippen LogP contribution is -2.04. The Balaban J connectivity index is 2.26. The van der Waals surface area contributed by atoms with Gasteiger partial charge in [0.2, 0.25) is 0 Å². The Morgan fingerprint density at radius 1 is 1.35 bits per heavy atom. The molecule has 2 radical (unpaired) electrons. The fourth-order valence-electron chi connectivity index (χ4n) is 1.64. The van der Waals surface area contributed by atoms with Crippen LogP contribution in [0.3, 0.4) is 0 Å². The second kappa shape index (κ2) is 6.34. The lowest BCUT2D eigenvalue weighted by atomic mass is 10.1. The van der Waals surface area contributed by atoms with Gasteiger partial charge in [-0.05, 0) is 17.7 Å². The monoisotopic (exact) mass is 262 g/mol. The predicted molar refractivity (Wildman–Crippen MR) is 78.8 cm³/mol. The van der Waals surface area contributed by atoms with Crippen molar-refractivity contribution in [2.75, 3.05) is 11.1 Å². The minimum Gasteiger partial charge on any atom is -0.383 e. The molecule has 0 spiro atoms. The second-order valence-electron chi connectivity index (χ2n) is 3.96. The van der Waals surface area contributed by atoms with Crippen LogP contribution in [0.25, 0.3) is 0 Å². The molecule has 0 aliphatic heterocycles. The van der Waals surface area contributed by atoms with E-state index in [9.17, 15) is 0 Å². The average molecular weight is 262 g/mol. The Labute approximate surface area is 117 Å². The van der Waals surface area contributed by atoms with Gasteiger partial charge in [-0.25, -0.2) is 9.97 Å². The smallest absolute Gasteiger partial charge is 0.259 e. The number of nitrogens with two attached hydrogens (primary N) is 1. The number of rotatable bonds is 4. The number of nitriles is 1. The van der Waals surface area contributed by atoms with E-state index in [1.807, 2.05) is 24.3 Å². The molecular weight excluding hydrogens is 251 g/mol. The number of nitrogens with zero attached hydrogens (tertiary/aromatic N) is 4. The van der Waals surface area contributed by atoms with Crippen LogP contribution < -0.4 is 11.1 Å². The molecule has 0 amide bonds. The van der Waals surface area contributed by atoms with Crippen molar-refractivity contribution >= 4 is 31.5 Å². The fraction of sp³-hybridized carbons (Fsp3) is 0.0769. The molecule has 1 aromatic carbocycles. The Morgan fingerprint density at radius 2 is 2.10 bits per heavy atom. The fourth-order valence-corrected chi connectivity index (χ4v) is 1.64. The van der Waals surface area contributed by atoms with Gasteiger partial charge >= 0.3 is 0 Å². The molecule has 0 atom stereocenters. The first-order chi connectivity index (χ1) is 9.74. The molecular formula is C13H11BN6. The standard InChI is InChI=1S/C13H11BN6/c14-19-7-11-12(16)17-8-18-13(11)20-10-3-1-9(2-4-10)5-6-15/h1-4,7-8H,5H2,(H3,16,17,18,20). The lowest BCUT2D eigenvalue weighted by molar-refractivity contribution is 1.17. The second-order valence-corrected chi connectivity index (χ2v) is 3.96. The van der Waals surface area contributed by atoms with Gasteiger partial charge in [-0.1, -0.05) is 12.1 Å². The first kappa shape index (κ1) is 13.6. The summed E-state index contributed by atoms with van der Waals surface area (Å²) < 4.78 is 0. The molecule has 0 saturated carbocycles. The molecule has 2 aromatic rings. The van der Waals surface area contributed by atoms with E-state index in [0.717, 1.165) is 11.3 Å². The van der Waals surface area contributed by atoms with Gasteiger partial charge in [0.05, 0.1) is 18.1 Å². The summed E-state index contributed by atoms with van der Waals surface area (Å²) in [7, 11) is 5.14. The van der Waals surface area contributed by atoms with Gasteiger partial charge in [0.15, 0.2) is 0 Å². The third kappa shape index (κ3) is 3.11. The molecule has 0 bridgehead atoms. The summed E-state index contributed by atoms with van der Waals surface area (Å²) in [6.07, 6.45) is 3.13. The highest BCUT2D eigenvalue weighted by atomic mass is 15.0. The van der Waals surface area contributed by atoms with Crippen LogP contribution in [0.2, 0.25) is 0 Å². The van der Waals surface area contributed by atoms with Gasteiger partial charge in [-0.2, -0.15) is 5.26 Å². The van der Waals surface area contributed by atoms with Gasteiger partial charge in [0.25, 0.3) is 7.98 Å². The quantitative estimate of drug-likeness (QED) is 0.640. The van der Waals surface area contributed by atoms with E-state index in [1.165, 1.54) is 12.5 Å². The number of nitrogens with one attached hydrogen (secondary N) is 1. The zero-order chi connectivity index (χ0) is 14.4. The summed E-state index contributed by atoms with van der Waals surface area (Å²) in [6, 6.07) is 9.54. The van der Waals surface area contributed by atoms with Gasteiger partial charge in [0, 0.05) is 11.9 Å². The summed E-state index contributed by atoms with van der Waals surface area (Å²) in [5, 5.41) is 11.7. The van der Waals surface area contributed by atoms with Gasteiger partial charge in [-0.15, -0.1) is 0 Å². The van der Waals surface area contributed by atoms with Crippen LogP contribution in [0.5, 0.6) is 0 Å². The number of nitrogen functional groups attached to an aromatic ring is 1. The largest absolute Gasteiger partial charge is 0.383 e. The molecule has 1 heterocycles. The van der Waals surface area contributed by atoms with Crippen molar-refractivity contribution < 1.29 is 0 Å². The zero-order valence-electron chi connectivity index (χ0n) is 10.6. The van der Waals surface area contributed by atoms with Crippen LogP contribution in [0, 0.1) is 11.3 Å². The molecule has 1 aromatic heterocycles. The summed E-state index contributed by atoms with van der Waals surface area (Å²) in [6.45, 7) is 0. The van der Waals surface area contributed by atoms with Crippen molar-refractivity contribution in [3.8, 4) is 6.07 Å². The molecule has 0 unspecified atom stereocenters. The first-order valence-electron chi connectivity index (χ1n) is 5.81. The molecule has 7 heteroatoms. The van der Waals surface area contributed by atoms with Crippen LogP contribution in [0.4, 0.5) is 17.3 Å². The SMILES string of the molecule is [B]N=Cc1c(N)ncnc1Nc1ccc(CC#N)cc1. The Hall–Kier alpha value is -2.88. The number of anilines is 3. The summed E-state index contributed by atoms with van der Waals surface area (Å²) >= 11 is 0. The maximum Gasteiger partial charge on any atom is 0.259 e. The van der Waals surface area contributed by atoms with Gasteiger partial charge in [-0.3, -0.25) is 0 Å². The molecule has 0 fully saturated rings. The molecule has 3 N–H and O–H groups in total. The van der Waals surface area contributed by atoms with Crippen LogP contribution >= 0.6 is 0 Å². The predicted octanol–water partition coefficient (Wildman–Crippen LogP) is 1.37. The third-order valence-corrected chi connectivity index (χ3v) is 2.62. The zero-order valence-corrected chi connectivity index (χ0v) is 10.6. The average Bonchev–Trinajstić information content (AvgIpc) is 2.45. The molecule has 0 aliphatic rings. The van der Waals surface area contributed by atoms with Crippen molar-refractivity contribution in [3.05, 3.63) is 41.7 Å². The lowest BCUT2D eigenvalue weighted by Gasteiger charge is -2.09. The maximum absolute atomic E-state index is 8.63. The van der Waals surface area contributed by atoms with Crippen molar-refractivity contribution in [1.29, 1.82) is 5.26 Å². The Bertz CT molecular complexity index is 660. The number of benzene rings is 1. The van der Waals surface area contributed by atoms with Crippen molar-refractivity contribution in [1.82, 2.24) is 9.97 Å². The van der Waals surface area contributed by atoms with E-state index in [1.54, 1.807) is 0 Å². The van der Waals surface area contributed by atoms with E-state index in [-0.39, 0.29) is 5.82 Å². The first-order valence-corrected chi connectivity index (χ1v) is 5.81. The number of hydrogen-bond donors (Lipinski definition) is 2. The molecule has 2 rings (SSSR count). The van der Waals surface area contributed by atoms with Crippen LogP contribution in [-0.2, 0) is 6.42 Å². The molecule has 0 aliphatic carbocycles. The van der Waals surface area contributed by atoms with Gasteiger partial charge < -0.3 is 16.0 Å². The molecule has 20 heavy (non-hydrogen) atoms. The third-order valence-electron chi connectivity index (χ3n) is 2.62. The van der Waals surface area contributed by atoms with E-state index in [2.05, 4.69) is 26.3 Å². The van der Waals surface area contributed by atoms with Crippen LogP contribution in [-0.4, -0.2) is 24.2 Å². The van der Waals surface area contributed by atoms with E-state index in [4.69, 9.17) is 19.0 Å². The normalized spacial score (nSPS) is 10.3. The highest BCUT2D eigenvalue weighted by Crippen LogP contribution is 2.20. The van der Waals surface area contributed by atoms with E-state index in [0.29, 0.717) is 17.8 Å². The van der Waals surface area contributed by atoms with E-state index >= 15 is 0 Å². The topological polar surface area (TPSA) is 100.0 Å². The Morgan fingerprint density at radius 3 is 2.75 bits per heavy atom. The van der Waals surface area contributed by atoms with Crippen molar-refractivity contribution in [3.63, 3.8) is 0 Å². The molecule has 96 valence electrons. The maximum atomic E-state index is 8.63. The molecule has 0 saturated heterocycles. The van der Waals surface area contributed by atoms with Crippen molar-refractivity contribution in [2.24, 2.45) is 4.90 Å². The highest BCUT2D eigenvalue weighted by molar-refractivity contribution is 6.12. The minimum atomic E-state index is 0.290. The minimum absolute atomic E-state index is 0.290. The highest BCUT2D eigenvalue weighted by Gasteiger charge is 2.07. The number of aromatic nitrogens is 2. The summed E-state index contributed by atoms with van der Waals surface area (Å²) in [5.74, 6) is 0.803. The molecule has 6 nitrogen and oxygen atoms in total. The van der Waals surface area contributed by atoms with Crippen LogP contribution in [0.1, 0.15) is 11.1 Å². The summed E-state index contributed by atoms with van der Waals surface area (Å²) in [4.78, 5) is 11.4. The van der Waals surface area contributed by atoms with Crippen molar-refractivity contribution in [2.45, 2.75) is 6.42 Å².